The molecule has 48 heavy (non-hydrogen) atoms. The molecule has 0 fully saturated rings. The standard InChI is InChI=1S/C30H37Si2.C12H7Si.2ClH.Zr/c1-21(2)24-16-23-14-15-28(22-12-10-9-11-13-22)30(29(23)19-24)25-17-26(31(3,4)5)20-27(18-25)32(6,7)8;1-3-7-11-9(5-1)10-6-2-4-8-12(10)13-11;;;/h9-21H,1-8H3;1-7H;2*1H;/q2*-1;;;+4/p-2. The summed E-state index contributed by atoms with van der Waals surface area (Å²) < 4.78 is 0. The summed E-state index contributed by atoms with van der Waals surface area (Å²) in [4.78, 5) is 0. The van der Waals surface area contributed by atoms with Crippen molar-refractivity contribution in [2.45, 2.75) is 59.0 Å². The first-order valence-electron chi connectivity index (χ1n) is 16.6. The minimum atomic E-state index is -1.46. The molecular weight excluding hydrogens is 751 g/mol. The molecule has 0 bridgehead atoms. The van der Waals surface area contributed by atoms with Crippen molar-refractivity contribution in [3.8, 4) is 33.4 Å². The minimum absolute atomic E-state index is 0.529. The van der Waals surface area contributed by atoms with Gasteiger partial charge >= 0.3 is 37.9 Å². The van der Waals surface area contributed by atoms with Gasteiger partial charge in [-0.15, -0.1) is 34.0 Å². The summed E-state index contributed by atoms with van der Waals surface area (Å²) >= 11 is -0.826. The molecule has 7 rings (SSSR count). The molecule has 0 atom stereocenters. The summed E-state index contributed by atoms with van der Waals surface area (Å²) in [6.45, 7) is 19.4. The van der Waals surface area contributed by atoms with Crippen LogP contribution in [0.4, 0.5) is 0 Å². The van der Waals surface area contributed by atoms with Crippen LogP contribution in [0.1, 0.15) is 25.3 Å². The number of hydrogen-bond donors (Lipinski definition) is 0. The second-order valence-electron chi connectivity index (χ2n) is 14.8. The van der Waals surface area contributed by atoms with Crippen LogP contribution >= 0.6 is 17.0 Å². The zero-order valence-corrected chi connectivity index (χ0v) is 36.3. The van der Waals surface area contributed by atoms with Gasteiger partial charge in [0.2, 0.25) is 0 Å². The van der Waals surface area contributed by atoms with Gasteiger partial charge in [0.1, 0.15) is 0 Å². The number of rotatable bonds is 5. The summed E-state index contributed by atoms with van der Waals surface area (Å²) in [5.74, 6) is 0.529. The van der Waals surface area contributed by atoms with E-state index in [0.29, 0.717) is 5.92 Å². The van der Waals surface area contributed by atoms with Gasteiger partial charge < -0.3 is 0 Å². The molecule has 0 saturated heterocycles. The summed E-state index contributed by atoms with van der Waals surface area (Å²) in [6, 6.07) is 46.1. The third kappa shape index (κ3) is 8.57. The molecule has 6 aromatic carbocycles. The Balaban J connectivity index is 0.000000231. The normalized spacial score (nSPS) is 12.0. The average Bonchev–Trinajstić information content (AvgIpc) is 3.67. The van der Waals surface area contributed by atoms with E-state index < -0.39 is 37.0 Å². The maximum absolute atomic E-state index is 4.93. The molecule has 0 nitrogen and oxygen atoms in total. The average molecular weight is 795 g/mol. The Morgan fingerprint density at radius 2 is 1.27 bits per heavy atom. The zero-order valence-electron chi connectivity index (χ0n) is 29.3. The first-order valence-corrected chi connectivity index (χ1v) is 30.9. The monoisotopic (exact) mass is 792 g/mol. The molecule has 0 unspecified atom stereocenters. The van der Waals surface area contributed by atoms with Crippen molar-refractivity contribution >= 4 is 74.2 Å². The van der Waals surface area contributed by atoms with Crippen LogP contribution in [0.3, 0.4) is 0 Å². The molecule has 2 radical (unpaired) electrons. The van der Waals surface area contributed by atoms with Crippen LogP contribution in [0.15, 0.2) is 115 Å². The van der Waals surface area contributed by atoms with Gasteiger partial charge in [-0.25, -0.2) is 0 Å². The molecule has 0 spiro atoms. The van der Waals surface area contributed by atoms with Crippen molar-refractivity contribution in [2.75, 3.05) is 0 Å². The minimum Gasteiger partial charge on any atom is -0.184 e. The van der Waals surface area contributed by atoms with E-state index in [1.807, 2.05) is 6.07 Å². The molecule has 6 aromatic rings. The van der Waals surface area contributed by atoms with Gasteiger partial charge in [-0.3, -0.25) is 0 Å². The molecule has 0 aliphatic carbocycles. The van der Waals surface area contributed by atoms with Crippen molar-refractivity contribution in [1.29, 1.82) is 0 Å². The van der Waals surface area contributed by atoms with Crippen LogP contribution in [0.5, 0.6) is 0 Å². The van der Waals surface area contributed by atoms with Gasteiger partial charge in [0.25, 0.3) is 0 Å². The molecular formula is C42H44Cl2Si3Zr. The molecule has 0 N–H and O–H groups in total. The first kappa shape index (κ1) is 37.1. The van der Waals surface area contributed by atoms with E-state index in [2.05, 4.69) is 168 Å². The van der Waals surface area contributed by atoms with Crippen molar-refractivity contribution < 1.29 is 20.8 Å². The quantitative estimate of drug-likeness (QED) is 0.120. The van der Waals surface area contributed by atoms with Crippen molar-refractivity contribution in [2.24, 2.45) is 0 Å². The van der Waals surface area contributed by atoms with Gasteiger partial charge in [-0.2, -0.15) is 35.5 Å². The Bertz CT molecular complexity index is 1920. The van der Waals surface area contributed by atoms with Gasteiger partial charge in [-0.05, 0) is 22.6 Å². The van der Waals surface area contributed by atoms with Crippen LogP contribution in [-0.2, 0) is 20.8 Å². The van der Waals surface area contributed by atoms with Crippen LogP contribution in [0, 0.1) is 6.07 Å². The number of hydrogen-bond acceptors (Lipinski definition) is 0. The van der Waals surface area contributed by atoms with Gasteiger partial charge in [0, 0.05) is 0 Å². The molecule has 6 heteroatoms. The van der Waals surface area contributed by atoms with E-state index >= 15 is 0 Å². The summed E-state index contributed by atoms with van der Waals surface area (Å²) in [7, 11) is 7.74. The topological polar surface area (TPSA) is 0 Å². The Labute approximate surface area is 311 Å². The van der Waals surface area contributed by atoms with Crippen molar-refractivity contribution in [3.05, 3.63) is 127 Å². The van der Waals surface area contributed by atoms with E-state index in [-0.39, 0.29) is 0 Å². The van der Waals surface area contributed by atoms with Crippen LogP contribution < -0.4 is 20.7 Å². The zero-order chi connectivity index (χ0) is 34.6. The third-order valence-electron chi connectivity index (χ3n) is 8.95. The Morgan fingerprint density at radius 1 is 0.667 bits per heavy atom. The number of benzene rings is 5. The van der Waals surface area contributed by atoms with Crippen molar-refractivity contribution in [1.82, 2.24) is 0 Å². The predicted molar refractivity (Wildman–Crippen MR) is 218 cm³/mol. The molecule has 242 valence electrons. The maximum Gasteiger partial charge on any atom is 0.0920 e. The molecule has 0 aromatic heterocycles. The van der Waals surface area contributed by atoms with E-state index in [0.717, 1.165) is 9.52 Å². The van der Waals surface area contributed by atoms with E-state index in [4.69, 9.17) is 17.0 Å². The number of fused-ring (bicyclic) bond motifs is 4. The van der Waals surface area contributed by atoms with Crippen LogP contribution in [0.25, 0.3) is 44.2 Å². The molecule has 0 amide bonds. The second kappa shape index (κ2) is 15.8. The van der Waals surface area contributed by atoms with E-state index in [9.17, 15) is 0 Å². The number of halogens is 2. The second-order valence-corrected chi connectivity index (χ2v) is 30.0. The summed E-state index contributed by atoms with van der Waals surface area (Å²) in [6.07, 6.45) is 0. The SMILES string of the molecule is CC(C)c1cc2c(-c3cc([Si](C)(C)C)cc([Si](C)(C)C)c3)c(-c3ccccc3)ccc2[cH-]1.[Cl][Zr+2][Cl].[c-]1cccc2c1[Si]c1ccccc1-2. The Hall–Kier alpha value is -2.18. The maximum atomic E-state index is 4.93. The molecule has 0 saturated carbocycles. The summed E-state index contributed by atoms with van der Waals surface area (Å²) in [5.41, 5.74) is 9.63. The van der Waals surface area contributed by atoms with Gasteiger partial charge in [0.15, 0.2) is 0 Å². The fourth-order valence-corrected chi connectivity index (χ4v) is 9.98. The fourth-order valence-electron chi connectivity index (χ4n) is 6.17. The Morgan fingerprint density at radius 3 is 1.90 bits per heavy atom. The first-order chi connectivity index (χ1) is 22.8. The summed E-state index contributed by atoms with van der Waals surface area (Å²) in [5, 5.41) is 8.71. The smallest absolute Gasteiger partial charge is 0.0920 e. The largest absolute Gasteiger partial charge is 0.184 e. The molecule has 1 aliphatic heterocycles. The molecule has 1 heterocycles. The van der Waals surface area contributed by atoms with E-state index in [1.165, 1.54) is 60.1 Å². The van der Waals surface area contributed by atoms with Crippen LogP contribution in [-0.4, -0.2) is 25.7 Å². The Kier molecular flexibility index (Phi) is 12.2. The van der Waals surface area contributed by atoms with E-state index in [1.54, 1.807) is 10.4 Å². The van der Waals surface area contributed by atoms with Gasteiger partial charge in [0.05, 0.1) is 25.7 Å². The van der Waals surface area contributed by atoms with Crippen LogP contribution in [0.2, 0.25) is 39.3 Å². The molecule has 1 aliphatic rings. The van der Waals surface area contributed by atoms with Crippen molar-refractivity contribution in [3.63, 3.8) is 0 Å². The fraction of sp³-hybridized carbons (Fsp3) is 0.214. The third-order valence-corrected chi connectivity index (χ3v) is 14.4. The van der Waals surface area contributed by atoms with Gasteiger partial charge in [-0.1, -0.05) is 159 Å². The predicted octanol–water partition coefficient (Wildman–Crippen LogP) is 10.6.